The summed E-state index contributed by atoms with van der Waals surface area (Å²) in [5.41, 5.74) is 2.97. The lowest BCUT2D eigenvalue weighted by Crippen LogP contribution is -2.33. The third-order valence-corrected chi connectivity index (χ3v) is 7.66. The maximum atomic E-state index is 13.9. The molecular formula is C26H26F3NO4S. The molecule has 0 spiro atoms. The molecule has 0 saturated carbocycles. The molecule has 1 atom stereocenters. The van der Waals surface area contributed by atoms with Crippen molar-refractivity contribution in [2.75, 3.05) is 38.3 Å². The minimum Gasteiger partial charge on any atom is -0.488 e. The molecule has 0 radical (unpaired) electrons. The van der Waals surface area contributed by atoms with Gasteiger partial charge in [-0.1, -0.05) is 6.07 Å². The van der Waals surface area contributed by atoms with E-state index >= 15 is 0 Å². The van der Waals surface area contributed by atoms with Gasteiger partial charge in [-0.15, -0.1) is 0 Å². The molecule has 2 aromatic rings. The summed E-state index contributed by atoms with van der Waals surface area (Å²) in [6.07, 6.45) is -2.14. The van der Waals surface area contributed by atoms with Gasteiger partial charge < -0.3 is 14.2 Å². The highest BCUT2D eigenvalue weighted by molar-refractivity contribution is 7.99. The molecule has 5 rings (SSSR count). The Bertz CT molecular complexity index is 1160. The van der Waals surface area contributed by atoms with Crippen LogP contribution in [0.25, 0.3) is 5.57 Å². The van der Waals surface area contributed by atoms with E-state index in [9.17, 15) is 18.0 Å². The highest BCUT2D eigenvalue weighted by Crippen LogP contribution is 2.44. The predicted molar refractivity (Wildman–Crippen MR) is 128 cm³/mol. The summed E-state index contributed by atoms with van der Waals surface area (Å²) in [5.74, 6) is 2.62. The lowest BCUT2D eigenvalue weighted by atomic mass is 9.96. The van der Waals surface area contributed by atoms with Crippen molar-refractivity contribution >= 4 is 23.3 Å². The topological polar surface area (TPSA) is 48.0 Å². The van der Waals surface area contributed by atoms with E-state index in [0.29, 0.717) is 36.4 Å². The Morgan fingerprint density at radius 2 is 2.03 bits per heavy atom. The van der Waals surface area contributed by atoms with Crippen LogP contribution < -0.4 is 9.47 Å². The van der Waals surface area contributed by atoms with Crippen molar-refractivity contribution in [1.82, 2.24) is 4.90 Å². The zero-order valence-electron chi connectivity index (χ0n) is 19.3. The van der Waals surface area contributed by atoms with Crippen LogP contribution in [0, 0.1) is 0 Å². The molecule has 9 heteroatoms. The van der Waals surface area contributed by atoms with Crippen molar-refractivity contribution in [3.8, 4) is 11.5 Å². The first kappa shape index (κ1) is 24.1. The zero-order valence-corrected chi connectivity index (χ0v) is 20.1. The molecule has 3 aliphatic rings. The first-order valence-corrected chi connectivity index (χ1v) is 12.7. The Kier molecular flexibility index (Phi) is 6.72. The summed E-state index contributed by atoms with van der Waals surface area (Å²) in [4.78, 5) is 13.7. The maximum Gasteiger partial charge on any atom is 0.416 e. The maximum absolute atomic E-state index is 13.9. The number of ether oxygens (including phenoxy) is 3. The molecule has 0 bridgehead atoms. The van der Waals surface area contributed by atoms with Crippen LogP contribution in [0.4, 0.5) is 13.2 Å². The van der Waals surface area contributed by atoms with Gasteiger partial charge in [-0.25, -0.2) is 4.79 Å². The fourth-order valence-corrected chi connectivity index (χ4v) is 5.95. The van der Waals surface area contributed by atoms with E-state index in [2.05, 4.69) is 9.64 Å². The minimum absolute atomic E-state index is 0.263. The van der Waals surface area contributed by atoms with Crippen molar-refractivity contribution in [3.63, 3.8) is 0 Å². The number of hydrogen-bond acceptors (Lipinski definition) is 6. The predicted octanol–water partition coefficient (Wildman–Crippen LogP) is 5.27. The summed E-state index contributed by atoms with van der Waals surface area (Å²) >= 11 is 1.84. The summed E-state index contributed by atoms with van der Waals surface area (Å²) in [6.45, 7) is 2.17. The second-order valence-electron chi connectivity index (χ2n) is 8.83. The molecule has 5 nitrogen and oxygen atoms in total. The summed E-state index contributed by atoms with van der Waals surface area (Å²) < 4.78 is 58.3. The van der Waals surface area contributed by atoms with Crippen molar-refractivity contribution in [1.29, 1.82) is 0 Å². The first-order valence-electron chi connectivity index (χ1n) is 11.6. The highest BCUT2D eigenvalue weighted by atomic mass is 32.2. The number of rotatable bonds is 5. The van der Waals surface area contributed by atoms with Crippen LogP contribution in [0.3, 0.4) is 0 Å². The van der Waals surface area contributed by atoms with E-state index in [4.69, 9.17) is 9.47 Å². The van der Waals surface area contributed by atoms with Gasteiger partial charge in [0.25, 0.3) is 0 Å². The number of carbonyl (C=O) groups is 1. The number of carbonyl (C=O) groups excluding carboxylic acids is 1. The Morgan fingerprint density at radius 3 is 2.77 bits per heavy atom. The lowest BCUT2D eigenvalue weighted by Gasteiger charge is -2.28. The number of methoxy groups -OCH3 is 1. The highest BCUT2D eigenvalue weighted by Gasteiger charge is 2.38. The van der Waals surface area contributed by atoms with Crippen molar-refractivity contribution in [2.45, 2.75) is 31.7 Å². The number of fused-ring (bicyclic) bond motifs is 2. The van der Waals surface area contributed by atoms with Gasteiger partial charge in [0.05, 0.1) is 12.7 Å². The third-order valence-electron chi connectivity index (χ3n) is 6.72. The molecule has 0 amide bonds. The van der Waals surface area contributed by atoms with E-state index in [1.54, 1.807) is 18.2 Å². The fraction of sp³-hybridized carbons (Fsp3) is 0.423. The first-order chi connectivity index (χ1) is 16.8. The standard InChI is InChI=1S/C26H26F3NO4S/c1-32-25(31)12-16-15-33-24-13-17(2-3-18(16)24)34-23-7-5-19-20(23)4-6-22(26(27,28)29)21(19)14-30-8-10-35-11-9-30/h2-4,6,12-13,23H,5,7-11,14-15H2,1H3/b16-12+/t23-/m1/s1. The third kappa shape index (κ3) is 5.02. The van der Waals surface area contributed by atoms with Crippen LogP contribution >= 0.6 is 11.8 Å². The molecule has 1 aliphatic carbocycles. The number of esters is 1. The second-order valence-corrected chi connectivity index (χ2v) is 10.1. The molecular weight excluding hydrogens is 479 g/mol. The average Bonchev–Trinajstić information content (AvgIpc) is 3.43. The van der Waals surface area contributed by atoms with E-state index in [0.717, 1.165) is 46.9 Å². The van der Waals surface area contributed by atoms with Gasteiger partial charge in [0.15, 0.2) is 0 Å². The smallest absolute Gasteiger partial charge is 0.416 e. The summed E-state index contributed by atoms with van der Waals surface area (Å²) in [5, 5.41) is 0. The van der Waals surface area contributed by atoms with Gasteiger partial charge in [-0.3, -0.25) is 4.90 Å². The van der Waals surface area contributed by atoms with E-state index in [1.807, 2.05) is 17.8 Å². The Balaban J connectivity index is 1.40. The molecule has 1 saturated heterocycles. The van der Waals surface area contributed by atoms with Crippen LogP contribution in [0.2, 0.25) is 0 Å². The van der Waals surface area contributed by atoms with E-state index in [1.165, 1.54) is 19.3 Å². The van der Waals surface area contributed by atoms with Crippen LogP contribution in [-0.2, 0) is 28.7 Å². The molecule has 35 heavy (non-hydrogen) atoms. The molecule has 2 aromatic carbocycles. The summed E-state index contributed by atoms with van der Waals surface area (Å²) in [7, 11) is 1.32. The molecule has 0 aromatic heterocycles. The zero-order chi connectivity index (χ0) is 24.6. The number of thioether (sulfide) groups is 1. The number of alkyl halides is 3. The van der Waals surface area contributed by atoms with Gasteiger partial charge in [-0.2, -0.15) is 24.9 Å². The monoisotopic (exact) mass is 505 g/mol. The molecule has 0 N–H and O–H groups in total. The SMILES string of the molecule is COC(=O)/C=C1\COc2cc(O[C@@H]3CCc4c3ccc(C(F)(F)F)c4CN3CCSCC3)ccc21. The fourth-order valence-electron chi connectivity index (χ4n) is 4.97. The number of nitrogens with zero attached hydrogens (tertiary/aromatic N) is 1. The van der Waals surface area contributed by atoms with Gasteiger partial charge in [0.2, 0.25) is 0 Å². The average molecular weight is 506 g/mol. The van der Waals surface area contributed by atoms with E-state index in [-0.39, 0.29) is 12.7 Å². The largest absolute Gasteiger partial charge is 0.488 e. The Morgan fingerprint density at radius 1 is 1.23 bits per heavy atom. The van der Waals surface area contributed by atoms with Gasteiger partial charge >= 0.3 is 12.1 Å². The Hall–Kier alpha value is -2.65. The number of halogens is 3. The molecule has 2 heterocycles. The van der Waals surface area contributed by atoms with Gasteiger partial charge in [-0.05, 0) is 47.7 Å². The normalized spacial score (nSPS) is 20.9. The summed E-state index contributed by atoms with van der Waals surface area (Å²) in [6, 6.07) is 8.18. The van der Waals surface area contributed by atoms with Crippen LogP contribution in [-0.4, -0.2) is 49.2 Å². The van der Waals surface area contributed by atoms with Gasteiger partial charge in [0.1, 0.15) is 24.2 Å². The van der Waals surface area contributed by atoms with Crippen molar-refractivity contribution in [3.05, 3.63) is 64.2 Å². The van der Waals surface area contributed by atoms with Crippen LogP contribution in [0.15, 0.2) is 36.4 Å². The molecule has 186 valence electrons. The molecule has 2 aliphatic heterocycles. The second kappa shape index (κ2) is 9.78. The van der Waals surface area contributed by atoms with Crippen molar-refractivity contribution < 1.29 is 32.2 Å². The number of benzene rings is 2. The van der Waals surface area contributed by atoms with Crippen LogP contribution in [0.1, 0.15) is 40.3 Å². The Labute approximate surface area is 206 Å². The van der Waals surface area contributed by atoms with Crippen molar-refractivity contribution in [2.24, 2.45) is 0 Å². The molecule has 0 unspecified atom stereocenters. The molecule has 1 fully saturated rings. The van der Waals surface area contributed by atoms with Crippen LogP contribution in [0.5, 0.6) is 11.5 Å². The lowest BCUT2D eigenvalue weighted by molar-refractivity contribution is -0.138. The minimum atomic E-state index is -4.39. The van der Waals surface area contributed by atoms with Gasteiger partial charge in [0, 0.05) is 54.4 Å². The van der Waals surface area contributed by atoms with E-state index < -0.39 is 17.7 Å². The quantitative estimate of drug-likeness (QED) is 0.408. The number of hydrogen-bond donors (Lipinski definition) is 0.